The second-order valence-corrected chi connectivity index (χ2v) is 7.09. The molecule has 2 aromatic carbocycles. The molecule has 1 aliphatic heterocycles. The van der Waals surface area contributed by atoms with Gasteiger partial charge >= 0.3 is 0 Å². The van der Waals surface area contributed by atoms with Gasteiger partial charge in [0.25, 0.3) is 17.7 Å². The van der Waals surface area contributed by atoms with E-state index >= 15 is 0 Å². The maximum absolute atomic E-state index is 12.5. The third-order valence-corrected chi connectivity index (χ3v) is 4.24. The van der Waals surface area contributed by atoms with Gasteiger partial charge in [-0.05, 0) is 48.4 Å². The van der Waals surface area contributed by atoms with E-state index in [-0.39, 0.29) is 34.8 Å². The summed E-state index contributed by atoms with van der Waals surface area (Å²) in [4.78, 5) is 49.7. The minimum atomic E-state index is -0.391. The van der Waals surface area contributed by atoms with Crippen molar-refractivity contribution in [2.75, 3.05) is 17.2 Å². The van der Waals surface area contributed by atoms with Crippen LogP contribution < -0.4 is 10.6 Å². The highest BCUT2D eigenvalue weighted by atomic mass is 16.2. The molecule has 0 saturated heterocycles. The first-order valence-corrected chi connectivity index (χ1v) is 8.95. The Hall–Kier alpha value is -3.48. The van der Waals surface area contributed by atoms with Crippen molar-refractivity contribution in [1.82, 2.24) is 4.90 Å². The number of fused-ring (bicyclic) bond motifs is 1. The molecule has 0 fully saturated rings. The third-order valence-electron chi connectivity index (χ3n) is 4.24. The number of carbonyl (C=O) groups excluding carboxylic acids is 4. The first-order valence-electron chi connectivity index (χ1n) is 8.95. The number of rotatable bonds is 5. The quantitative estimate of drug-likeness (QED) is 0.780. The second-order valence-electron chi connectivity index (χ2n) is 7.09. The molecule has 1 heterocycles. The predicted molar refractivity (Wildman–Crippen MR) is 105 cm³/mol. The van der Waals surface area contributed by atoms with Crippen molar-refractivity contribution in [1.29, 1.82) is 0 Å². The minimum Gasteiger partial charge on any atom is -0.326 e. The predicted octanol–water partition coefficient (Wildman–Crippen LogP) is 3.15. The number of carbonyl (C=O) groups is 4. The lowest BCUT2D eigenvalue weighted by Gasteiger charge is -2.15. The zero-order valence-electron chi connectivity index (χ0n) is 15.9. The van der Waals surface area contributed by atoms with Gasteiger partial charge in [0.15, 0.2) is 0 Å². The van der Waals surface area contributed by atoms with Crippen molar-refractivity contribution < 1.29 is 19.2 Å². The Balaban J connectivity index is 1.76. The highest BCUT2D eigenvalue weighted by Gasteiger charge is 2.36. The Morgan fingerprint density at radius 2 is 1.46 bits per heavy atom. The topological polar surface area (TPSA) is 95.6 Å². The summed E-state index contributed by atoms with van der Waals surface area (Å²) in [5.74, 6) is -1.11. The molecule has 0 unspecified atom stereocenters. The molecule has 0 aliphatic carbocycles. The normalized spacial score (nSPS) is 12.9. The molecule has 0 aromatic heterocycles. The van der Waals surface area contributed by atoms with Crippen molar-refractivity contribution in [2.45, 2.75) is 20.8 Å². The molecule has 7 nitrogen and oxygen atoms in total. The SMILES string of the molecule is CC(=O)Nc1ccc(NC(=O)c2ccc3c(c2)C(=O)N(CC(C)C)C3=O)cc1. The largest absolute Gasteiger partial charge is 0.326 e. The van der Waals surface area contributed by atoms with Gasteiger partial charge in [0.2, 0.25) is 5.91 Å². The Bertz CT molecular complexity index is 964. The molecule has 2 aromatic rings. The third kappa shape index (κ3) is 3.93. The number of amides is 4. The number of nitrogens with zero attached hydrogens (tertiary/aromatic N) is 1. The lowest BCUT2D eigenvalue weighted by atomic mass is 10.1. The van der Waals surface area contributed by atoms with Crippen LogP contribution in [0.25, 0.3) is 0 Å². The van der Waals surface area contributed by atoms with E-state index in [1.54, 1.807) is 24.3 Å². The number of hydrogen-bond acceptors (Lipinski definition) is 4. The Morgan fingerprint density at radius 1 is 0.893 bits per heavy atom. The number of imide groups is 1. The van der Waals surface area contributed by atoms with E-state index in [1.165, 1.54) is 30.0 Å². The maximum Gasteiger partial charge on any atom is 0.261 e. The van der Waals surface area contributed by atoms with Crippen molar-refractivity contribution in [3.63, 3.8) is 0 Å². The van der Waals surface area contributed by atoms with Crippen LogP contribution in [0.15, 0.2) is 42.5 Å². The number of anilines is 2. The molecule has 0 saturated carbocycles. The van der Waals surface area contributed by atoms with Gasteiger partial charge in [0.05, 0.1) is 11.1 Å². The fourth-order valence-electron chi connectivity index (χ4n) is 3.01. The van der Waals surface area contributed by atoms with Gasteiger partial charge in [0, 0.05) is 30.4 Å². The van der Waals surface area contributed by atoms with Gasteiger partial charge in [-0.15, -0.1) is 0 Å². The molecule has 1 aliphatic rings. The summed E-state index contributed by atoms with van der Waals surface area (Å²) in [5, 5.41) is 5.38. The van der Waals surface area contributed by atoms with Crippen LogP contribution in [0.5, 0.6) is 0 Å². The van der Waals surface area contributed by atoms with Crippen molar-refractivity contribution in [3.8, 4) is 0 Å². The summed E-state index contributed by atoms with van der Waals surface area (Å²) in [6.07, 6.45) is 0. The van der Waals surface area contributed by atoms with Crippen LogP contribution in [0.4, 0.5) is 11.4 Å². The van der Waals surface area contributed by atoms with Crippen molar-refractivity contribution in [3.05, 3.63) is 59.2 Å². The molecule has 28 heavy (non-hydrogen) atoms. The summed E-state index contributed by atoms with van der Waals surface area (Å²) >= 11 is 0. The van der Waals surface area contributed by atoms with E-state index in [9.17, 15) is 19.2 Å². The van der Waals surface area contributed by atoms with Crippen molar-refractivity contribution in [2.24, 2.45) is 5.92 Å². The molecule has 7 heteroatoms. The molecule has 0 radical (unpaired) electrons. The molecular weight excluding hydrogens is 358 g/mol. The van der Waals surface area contributed by atoms with Crippen LogP contribution in [0.3, 0.4) is 0 Å². The summed E-state index contributed by atoms with van der Waals surface area (Å²) in [6, 6.07) is 11.2. The van der Waals surface area contributed by atoms with Gasteiger partial charge in [-0.1, -0.05) is 13.8 Å². The van der Waals surface area contributed by atoms with Crippen LogP contribution in [0.1, 0.15) is 51.8 Å². The molecule has 0 bridgehead atoms. The first kappa shape index (κ1) is 19.3. The van der Waals surface area contributed by atoms with E-state index in [2.05, 4.69) is 10.6 Å². The molecule has 0 atom stereocenters. The zero-order chi connectivity index (χ0) is 20.4. The van der Waals surface area contributed by atoms with Crippen LogP contribution in [0.2, 0.25) is 0 Å². The van der Waals surface area contributed by atoms with Gasteiger partial charge in [-0.25, -0.2) is 0 Å². The average Bonchev–Trinajstić information content (AvgIpc) is 2.87. The fourth-order valence-corrected chi connectivity index (χ4v) is 3.01. The van der Waals surface area contributed by atoms with E-state index in [1.807, 2.05) is 13.8 Å². The lowest BCUT2D eigenvalue weighted by Crippen LogP contribution is -2.33. The maximum atomic E-state index is 12.5. The lowest BCUT2D eigenvalue weighted by molar-refractivity contribution is -0.114. The number of nitrogens with one attached hydrogen (secondary N) is 2. The van der Waals surface area contributed by atoms with Gasteiger partial charge < -0.3 is 10.6 Å². The fraction of sp³-hybridized carbons (Fsp3) is 0.238. The van der Waals surface area contributed by atoms with Crippen molar-refractivity contribution >= 4 is 35.0 Å². The zero-order valence-corrected chi connectivity index (χ0v) is 15.9. The van der Waals surface area contributed by atoms with Crippen LogP contribution in [-0.2, 0) is 4.79 Å². The number of benzene rings is 2. The number of hydrogen-bond donors (Lipinski definition) is 2. The Labute approximate surface area is 162 Å². The van der Waals surface area contributed by atoms with Gasteiger partial charge in [0.1, 0.15) is 0 Å². The minimum absolute atomic E-state index is 0.158. The van der Waals surface area contributed by atoms with Gasteiger partial charge in [-0.2, -0.15) is 0 Å². The summed E-state index contributed by atoms with van der Waals surface area (Å²) in [5.41, 5.74) is 2.03. The summed E-state index contributed by atoms with van der Waals surface area (Å²) < 4.78 is 0. The van der Waals surface area contributed by atoms with E-state index in [4.69, 9.17) is 0 Å². The van der Waals surface area contributed by atoms with Crippen LogP contribution >= 0.6 is 0 Å². The van der Waals surface area contributed by atoms with Crippen LogP contribution in [0, 0.1) is 5.92 Å². The van der Waals surface area contributed by atoms with E-state index in [0.29, 0.717) is 23.5 Å². The smallest absolute Gasteiger partial charge is 0.261 e. The average molecular weight is 379 g/mol. The highest BCUT2D eigenvalue weighted by Crippen LogP contribution is 2.25. The van der Waals surface area contributed by atoms with Gasteiger partial charge in [-0.3, -0.25) is 24.1 Å². The molecule has 4 amide bonds. The monoisotopic (exact) mass is 379 g/mol. The summed E-state index contributed by atoms with van der Waals surface area (Å²) in [7, 11) is 0. The Morgan fingerprint density at radius 3 is 2.04 bits per heavy atom. The van der Waals surface area contributed by atoms with E-state index < -0.39 is 5.91 Å². The molecule has 144 valence electrons. The molecule has 2 N–H and O–H groups in total. The molecular formula is C21H21N3O4. The molecule has 3 rings (SSSR count). The highest BCUT2D eigenvalue weighted by molar-refractivity contribution is 6.22. The molecule has 0 spiro atoms. The Kier molecular flexibility index (Phi) is 5.26. The summed E-state index contributed by atoms with van der Waals surface area (Å²) in [6.45, 7) is 5.62. The van der Waals surface area contributed by atoms with Crippen LogP contribution in [-0.4, -0.2) is 35.1 Å². The first-order chi connectivity index (χ1) is 13.3. The second kappa shape index (κ2) is 7.64. The van der Waals surface area contributed by atoms with E-state index in [0.717, 1.165) is 0 Å². The standard InChI is InChI=1S/C21H21N3O4/c1-12(2)11-24-20(27)17-9-4-14(10-18(17)21(24)28)19(26)23-16-7-5-15(6-8-16)22-13(3)25/h4-10,12H,11H2,1-3H3,(H,22,25)(H,23,26).